The van der Waals surface area contributed by atoms with Crippen molar-refractivity contribution in [1.29, 1.82) is 0 Å². The maximum atomic E-state index is 13.8. The zero-order valence-corrected chi connectivity index (χ0v) is 20.5. The van der Waals surface area contributed by atoms with E-state index in [4.69, 9.17) is 18.9 Å². The number of hydrogen-bond acceptors (Lipinski definition) is 9. The van der Waals surface area contributed by atoms with Crippen molar-refractivity contribution in [2.75, 3.05) is 7.11 Å². The molecule has 0 unspecified atom stereocenters. The van der Waals surface area contributed by atoms with Crippen LogP contribution in [0.2, 0.25) is 0 Å². The lowest BCUT2D eigenvalue weighted by atomic mass is 9.43. The highest BCUT2D eigenvalue weighted by molar-refractivity contribution is 9.09. The molecule has 4 rings (SSSR count). The van der Waals surface area contributed by atoms with Crippen LogP contribution in [0.1, 0.15) is 46.5 Å². The van der Waals surface area contributed by atoms with Gasteiger partial charge in [-0.25, -0.2) is 4.79 Å². The average Bonchev–Trinajstić information content (AvgIpc) is 3.06. The highest BCUT2D eigenvalue weighted by Crippen LogP contribution is 2.64. The molecule has 180 valence electrons. The summed E-state index contributed by atoms with van der Waals surface area (Å²) in [5, 5.41) is -0.616. The highest BCUT2D eigenvalue weighted by atomic mass is 79.9. The fraction of sp³-hybridized carbons (Fsp3) is 0.696. The molecule has 4 aliphatic rings. The second kappa shape index (κ2) is 8.21. The summed E-state index contributed by atoms with van der Waals surface area (Å²) >= 11 is 3.21. The van der Waals surface area contributed by atoms with Gasteiger partial charge in [-0.3, -0.25) is 19.2 Å². The maximum Gasteiger partial charge on any atom is 0.339 e. The third-order valence-corrected chi connectivity index (χ3v) is 8.46. The van der Waals surface area contributed by atoms with E-state index >= 15 is 0 Å². The number of fused-ring (bicyclic) bond motifs is 3. The van der Waals surface area contributed by atoms with Crippen LogP contribution in [0.5, 0.6) is 0 Å². The number of carbonyl (C=O) groups excluding carboxylic acids is 5. The molecule has 0 radical (unpaired) electrons. The van der Waals surface area contributed by atoms with Crippen molar-refractivity contribution in [1.82, 2.24) is 0 Å². The van der Waals surface area contributed by atoms with E-state index < -0.39 is 69.7 Å². The molecular weight excluding hydrogens is 500 g/mol. The molecule has 0 spiro atoms. The molecule has 1 saturated heterocycles. The quantitative estimate of drug-likeness (QED) is 0.309. The molecule has 0 aromatic carbocycles. The van der Waals surface area contributed by atoms with Crippen LogP contribution in [-0.2, 0) is 42.9 Å². The van der Waals surface area contributed by atoms with Crippen LogP contribution in [0.3, 0.4) is 0 Å². The Balaban J connectivity index is 1.78. The number of methoxy groups -OCH3 is 1. The standard InChI is InChI=1S/C23H27BrO9/c1-10(25)31-14-8-13(20(28)30-4)22(2)6-5-12-21(29)32-15(11-7-16(24)33-19(11)27)9-23(12,3)18(22)17(14)26/h7,12-16,18H,5-6,8-9H2,1-4H3/t12-,13-,14-,15-,16+,18-,22-,23-/m0/s1. The SMILES string of the molecule is COC(=O)[C@@H]1C[C@H](OC(C)=O)C(=O)[C@H]2[C@@]1(C)CC[C@H]1C(=O)O[C@H](C3=C[C@H](Br)OC3=O)C[C@]21C. The molecule has 0 aromatic rings. The second-order valence-corrected chi connectivity index (χ2v) is 10.8. The summed E-state index contributed by atoms with van der Waals surface area (Å²) in [5.41, 5.74) is -1.52. The van der Waals surface area contributed by atoms with Crippen molar-refractivity contribution < 1.29 is 42.9 Å². The zero-order valence-electron chi connectivity index (χ0n) is 18.9. The van der Waals surface area contributed by atoms with Crippen molar-refractivity contribution >= 4 is 45.6 Å². The van der Waals surface area contributed by atoms with Crippen LogP contribution in [-0.4, -0.2) is 54.0 Å². The Kier molecular flexibility index (Phi) is 5.95. The Morgan fingerprint density at radius 2 is 1.85 bits per heavy atom. The van der Waals surface area contributed by atoms with Crippen LogP contribution < -0.4 is 0 Å². The van der Waals surface area contributed by atoms with Gasteiger partial charge in [0.15, 0.2) is 16.9 Å². The molecule has 8 atom stereocenters. The van der Waals surface area contributed by atoms with Gasteiger partial charge in [0.05, 0.1) is 24.5 Å². The monoisotopic (exact) mass is 526 g/mol. The van der Waals surface area contributed by atoms with Crippen molar-refractivity contribution in [2.24, 2.45) is 28.6 Å². The number of cyclic esters (lactones) is 2. The summed E-state index contributed by atoms with van der Waals surface area (Å²) in [6.07, 6.45) is 0.664. The number of halogens is 1. The minimum absolute atomic E-state index is 0.0372. The lowest BCUT2D eigenvalue weighted by Gasteiger charge is -2.61. The van der Waals surface area contributed by atoms with Gasteiger partial charge in [0.25, 0.3) is 0 Å². The van der Waals surface area contributed by atoms with Gasteiger partial charge in [0, 0.05) is 19.3 Å². The molecule has 0 amide bonds. The summed E-state index contributed by atoms with van der Waals surface area (Å²) in [6, 6.07) is 0. The minimum atomic E-state index is -1.11. The van der Waals surface area contributed by atoms with Gasteiger partial charge in [-0.15, -0.1) is 0 Å². The van der Waals surface area contributed by atoms with E-state index in [1.54, 1.807) is 6.08 Å². The molecule has 9 nitrogen and oxygen atoms in total. The third-order valence-electron chi connectivity index (χ3n) is 8.01. The summed E-state index contributed by atoms with van der Waals surface area (Å²) in [6.45, 7) is 4.92. The predicted molar refractivity (Wildman–Crippen MR) is 114 cm³/mol. The number of esters is 4. The van der Waals surface area contributed by atoms with Gasteiger partial charge in [0.2, 0.25) is 0 Å². The van der Waals surface area contributed by atoms with Gasteiger partial charge >= 0.3 is 23.9 Å². The Labute approximate surface area is 199 Å². The third kappa shape index (κ3) is 3.70. The first kappa shape index (κ1) is 23.9. The number of rotatable bonds is 3. The van der Waals surface area contributed by atoms with E-state index in [-0.39, 0.29) is 24.2 Å². The molecule has 33 heavy (non-hydrogen) atoms. The highest BCUT2D eigenvalue weighted by Gasteiger charge is 2.68. The number of carbonyl (C=O) groups is 5. The summed E-state index contributed by atoms with van der Waals surface area (Å²) in [5.74, 6) is -4.55. The fourth-order valence-corrected chi connectivity index (χ4v) is 7.10. The number of hydrogen-bond donors (Lipinski definition) is 0. The van der Waals surface area contributed by atoms with Crippen molar-refractivity contribution in [3.05, 3.63) is 11.6 Å². The summed E-state index contributed by atoms with van der Waals surface area (Å²) < 4.78 is 21.1. The average molecular weight is 527 g/mol. The first-order chi connectivity index (χ1) is 15.4. The van der Waals surface area contributed by atoms with Crippen molar-refractivity contribution in [3.8, 4) is 0 Å². The molecule has 2 saturated carbocycles. The maximum absolute atomic E-state index is 13.8. The Morgan fingerprint density at radius 3 is 2.42 bits per heavy atom. The Hall–Kier alpha value is -2.23. The predicted octanol–water partition coefficient (Wildman–Crippen LogP) is 2.24. The van der Waals surface area contributed by atoms with E-state index in [1.165, 1.54) is 14.0 Å². The van der Waals surface area contributed by atoms with Gasteiger partial charge in [-0.05, 0) is 52.1 Å². The number of ether oxygens (including phenoxy) is 4. The largest absolute Gasteiger partial charge is 0.469 e. The van der Waals surface area contributed by atoms with Crippen LogP contribution >= 0.6 is 15.9 Å². The Bertz CT molecular complexity index is 958. The van der Waals surface area contributed by atoms with Crippen molar-refractivity contribution in [3.63, 3.8) is 0 Å². The van der Waals surface area contributed by atoms with E-state index in [0.29, 0.717) is 12.8 Å². The molecule has 2 aliphatic heterocycles. The first-order valence-corrected chi connectivity index (χ1v) is 11.9. The normalized spacial score (nSPS) is 42.3. The number of ketones is 1. The minimum Gasteiger partial charge on any atom is -0.469 e. The molecule has 2 heterocycles. The van der Waals surface area contributed by atoms with E-state index in [2.05, 4.69) is 15.9 Å². The second-order valence-electron chi connectivity index (χ2n) is 9.86. The number of alkyl halides is 1. The van der Waals surface area contributed by atoms with Gasteiger partial charge in [0.1, 0.15) is 6.10 Å². The molecule has 10 heteroatoms. The smallest absolute Gasteiger partial charge is 0.339 e. The van der Waals surface area contributed by atoms with Gasteiger partial charge in [-0.2, -0.15) is 0 Å². The zero-order chi connectivity index (χ0) is 24.3. The van der Waals surface area contributed by atoms with E-state index in [9.17, 15) is 24.0 Å². The van der Waals surface area contributed by atoms with E-state index in [1.807, 2.05) is 13.8 Å². The summed E-state index contributed by atoms with van der Waals surface area (Å²) in [7, 11) is 1.29. The number of Topliss-reactive ketones (excluding diaryl/α,β-unsaturated/α-hetero) is 1. The summed E-state index contributed by atoms with van der Waals surface area (Å²) in [4.78, 5) is 63.7. The molecule has 2 aliphatic carbocycles. The molecular formula is C23H27BrO9. The molecule has 3 fully saturated rings. The van der Waals surface area contributed by atoms with Crippen LogP contribution in [0.15, 0.2) is 11.6 Å². The molecule has 0 bridgehead atoms. The lowest BCUT2D eigenvalue weighted by Crippen LogP contribution is -2.65. The van der Waals surface area contributed by atoms with Gasteiger partial charge in [-0.1, -0.05) is 13.8 Å². The fourth-order valence-electron chi connectivity index (χ4n) is 6.65. The molecule has 0 aromatic heterocycles. The van der Waals surface area contributed by atoms with Crippen LogP contribution in [0.4, 0.5) is 0 Å². The van der Waals surface area contributed by atoms with Crippen molar-refractivity contribution in [2.45, 2.75) is 63.7 Å². The van der Waals surface area contributed by atoms with Crippen LogP contribution in [0.25, 0.3) is 0 Å². The topological polar surface area (TPSA) is 122 Å². The van der Waals surface area contributed by atoms with Gasteiger partial charge < -0.3 is 18.9 Å². The first-order valence-electron chi connectivity index (χ1n) is 11.0. The van der Waals surface area contributed by atoms with Crippen LogP contribution in [0, 0.1) is 28.6 Å². The lowest BCUT2D eigenvalue weighted by molar-refractivity contribution is -0.207. The molecule has 0 N–H and O–H groups in total. The Morgan fingerprint density at radius 1 is 1.15 bits per heavy atom. The van der Waals surface area contributed by atoms with E-state index in [0.717, 1.165) is 0 Å².